The molecule has 3 heterocycles. The normalized spacial score (nSPS) is 17.4. The Hall–Kier alpha value is -1.71. The van der Waals surface area contributed by atoms with E-state index < -0.39 is 14.2 Å². The van der Waals surface area contributed by atoms with Gasteiger partial charge in [0, 0.05) is 45.1 Å². The molecule has 1 unspecified atom stereocenters. The Kier molecular flexibility index (Phi) is 6.21. The largest absolute Gasteiger partial charge is 0.465 e. The minimum Gasteiger partial charge on any atom is -0.465 e. The zero-order valence-corrected chi connectivity index (χ0v) is 20.0. The van der Waals surface area contributed by atoms with Crippen molar-refractivity contribution in [3.8, 4) is 10.6 Å². The summed E-state index contributed by atoms with van der Waals surface area (Å²) < 4.78 is 12.2. The van der Waals surface area contributed by atoms with Gasteiger partial charge in [0.2, 0.25) is 0 Å². The highest BCUT2D eigenvalue weighted by Gasteiger charge is 2.43. The molecule has 1 atom stereocenters. The number of nitrogens with zero attached hydrogens (tertiary/aromatic N) is 4. The number of fused-ring (bicyclic) bond motifs is 1. The summed E-state index contributed by atoms with van der Waals surface area (Å²) >= 11 is 1.39. The fourth-order valence-corrected chi connectivity index (χ4v) is 5.19. The van der Waals surface area contributed by atoms with Crippen LogP contribution in [-0.4, -0.2) is 51.5 Å². The SMILES string of the molecule is CC(C)(C)C1c2c(-c3ccns3)nn(COCC[Si](C)(C)C)c2CCN1C(=O)O. The first-order valence-corrected chi connectivity index (χ1v) is 14.5. The maximum Gasteiger partial charge on any atom is 0.407 e. The van der Waals surface area contributed by atoms with Gasteiger partial charge in [0.1, 0.15) is 12.4 Å². The second-order valence-corrected chi connectivity index (χ2v) is 16.4. The summed E-state index contributed by atoms with van der Waals surface area (Å²) in [6.07, 6.45) is 1.52. The van der Waals surface area contributed by atoms with E-state index in [0.29, 0.717) is 19.7 Å². The lowest BCUT2D eigenvalue weighted by molar-refractivity contribution is 0.0648. The van der Waals surface area contributed by atoms with E-state index in [1.165, 1.54) is 11.5 Å². The monoisotopic (exact) mass is 436 g/mol. The molecule has 0 radical (unpaired) electrons. The minimum atomic E-state index is -1.15. The molecular formula is C20H32N4O3SSi. The van der Waals surface area contributed by atoms with Crippen molar-refractivity contribution < 1.29 is 14.6 Å². The van der Waals surface area contributed by atoms with Crippen LogP contribution in [0.3, 0.4) is 0 Å². The fourth-order valence-electron chi connectivity index (χ4n) is 3.84. The molecule has 2 aromatic heterocycles. The lowest BCUT2D eigenvalue weighted by Gasteiger charge is -2.42. The summed E-state index contributed by atoms with van der Waals surface area (Å²) in [7, 11) is -1.15. The summed E-state index contributed by atoms with van der Waals surface area (Å²) in [5, 5.41) is 14.7. The lowest BCUT2D eigenvalue weighted by atomic mass is 9.78. The summed E-state index contributed by atoms with van der Waals surface area (Å²) in [4.78, 5) is 14.5. The number of aromatic nitrogens is 3. The molecule has 1 N–H and O–H groups in total. The second-order valence-electron chi connectivity index (χ2n) is 9.93. The van der Waals surface area contributed by atoms with Crippen molar-refractivity contribution in [1.82, 2.24) is 19.1 Å². The predicted molar refractivity (Wildman–Crippen MR) is 118 cm³/mol. The molecule has 0 aliphatic carbocycles. The molecule has 9 heteroatoms. The van der Waals surface area contributed by atoms with Crippen molar-refractivity contribution >= 4 is 25.7 Å². The maximum absolute atomic E-state index is 12.0. The van der Waals surface area contributed by atoms with E-state index >= 15 is 0 Å². The Morgan fingerprint density at radius 3 is 2.66 bits per heavy atom. The average Bonchev–Trinajstić information content (AvgIpc) is 3.23. The lowest BCUT2D eigenvalue weighted by Crippen LogP contribution is -2.45. The zero-order chi connectivity index (χ0) is 21.4. The first-order valence-electron chi connectivity index (χ1n) is 10.1. The van der Waals surface area contributed by atoms with Crippen LogP contribution in [-0.2, 0) is 17.9 Å². The number of carbonyl (C=O) groups is 1. The Morgan fingerprint density at radius 1 is 1.38 bits per heavy atom. The number of ether oxygens (including phenoxy) is 1. The predicted octanol–water partition coefficient (Wildman–Crippen LogP) is 4.94. The van der Waals surface area contributed by atoms with Gasteiger partial charge >= 0.3 is 6.09 Å². The molecule has 29 heavy (non-hydrogen) atoms. The van der Waals surface area contributed by atoms with Crippen LogP contribution < -0.4 is 0 Å². The molecule has 0 fully saturated rings. The van der Waals surface area contributed by atoms with E-state index in [2.05, 4.69) is 44.8 Å². The third kappa shape index (κ3) is 4.89. The number of hydrogen-bond acceptors (Lipinski definition) is 5. The summed E-state index contributed by atoms with van der Waals surface area (Å²) in [5.41, 5.74) is 2.66. The first kappa shape index (κ1) is 22.0. The van der Waals surface area contributed by atoms with Crippen LogP contribution in [0.25, 0.3) is 10.6 Å². The molecule has 160 valence electrons. The van der Waals surface area contributed by atoms with Crippen LogP contribution in [0, 0.1) is 5.41 Å². The Labute approximate surface area is 177 Å². The van der Waals surface area contributed by atoms with E-state index in [1.807, 2.05) is 10.7 Å². The Morgan fingerprint density at radius 2 is 2.10 bits per heavy atom. The van der Waals surface area contributed by atoms with Gasteiger partial charge in [0.25, 0.3) is 0 Å². The molecule has 1 amide bonds. The van der Waals surface area contributed by atoms with Gasteiger partial charge in [0.15, 0.2) is 0 Å². The van der Waals surface area contributed by atoms with Gasteiger partial charge in [-0.2, -0.15) is 5.10 Å². The molecule has 3 rings (SSSR count). The standard InChI is InChI=1S/C20H32N4O3SSi/c1-20(2,3)18-16-14(8-10-23(18)19(25)26)24(13-27-11-12-29(4,5)6)22-17(16)15-7-9-21-28-15/h7,9,18H,8,10-13H2,1-6H3,(H,25,26). The van der Waals surface area contributed by atoms with Gasteiger partial charge in [-0.25, -0.2) is 13.8 Å². The quantitative estimate of drug-likeness (QED) is 0.512. The van der Waals surface area contributed by atoms with Crippen molar-refractivity contribution in [3.05, 3.63) is 23.5 Å². The first-order chi connectivity index (χ1) is 13.5. The van der Waals surface area contributed by atoms with Crippen molar-refractivity contribution in [2.75, 3.05) is 13.2 Å². The minimum absolute atomic E-state index is 0.264. The van der Waals surface area contributed by atoms with Crippen molar-refractivity contribution in [1.29, 1.82) is 0 Å². The molecule has 0 saturated heterocycles. The molecule has 2 aromatic rings. The highest BCUT2D eigenvalue weighted by molar-refractivity contribution is 7.09. The van der Waals surface area contributed by atoms with Crippen LogP contribution >= 0.6 is 11.5 Å². The highest BCUT2D eigenvalue weighted by atomic mass is 32.1. The van der Waals surface area contributed by atoms with Gasteiger partial charge in [-0.1, -0.05) is 40.4 Å². The number of amides is 1. The van der Waals surface area contributed by atoms with Crippen LogP contribution in [0.4, 0.5) is 4.79 Å². The average molecular weight is 437 g/mol. The van der Waals surface area contributed by atoms with E-state index in [9.17, 15) is 9.90 Å². The summed E-state index contributed by atoms with van der Waals surface area (Å²) in [6.45, 7) is 14.9. The molecule has 0 bridgehead atoms. The third-order valence-electron chi connectivity index (χ3n) is 5.22. The molecule has 1 aliphatic rings. The van der Waals surface area contributed by atoms with Gasteiger partial charge in [-0.05, 0) is 29.1 Å². The van der Waals surface area contributed by atoms with Gasteiger partial charge in [-0.3, -0.25) is 0 Å². The number of rotatable bonds is 6. The van der Waals surface area contributed by atoms with Crippen LogP contribution in [0.5, 0.6) is 0 Å². The third-order valence-corrected chi connectivity index (χ3v) is 7.68. The summed E-state index contributed by atoms with van der Waals surface area (Å²) in [5.74, 6) is 0. The summed E-state index contributed by atoms with van der Waals surface area (Å²) in [6, 6.07) is 2.79. The van der Waals surface area contributed by atoms with E-state index in [-0.39, 0.29) is 11.5 Å². The molecule has 0 aromatic carbocycles. The van der Waals surface area contributed by atoms with E-state index in [1.54, 1.807) is 11.1 Å². The van der Waals surface area contributed by atoms with Gasteiger partial charge in [-0.15, -0.1) is 0 Å². The highest BCUT2D eigenvalue weighted by Crippen LogP contribution is 2.46. The maximum atomic E-state index is 12.0. The van der Waals surface area contributed by atoms with Crippen molar-refractivity contribution in [3.63, 3.8) is 0 Å². The van der Waals surface area contributed by atoms with Crippen LogP contribution in [0.2, 0.25) is 25.7 Å². The molecular weight excluding hydrogens is 404 g/mol. The molecule has 0 spiro atoms. The Bertz CT molecular complexity index is 852. The van der Waals surface area contributed by atoms with Gasteiger partial charge < -0.3 is 14.7 Å². The zero-order valence-electron chi connectivity index (χ0n) is 18.2. The fraction of sp³-hybridized carbons (Fsp3) is 0.650. The number of hydrogen-bond donors (Lipinski definition) is 1. The Balaban J connectivity index is 2.00. The van der Waals surface area contributed by atoms with Crippen LogP contribution in [0.15, 0.2) is 12.3 Å². The van der Waals surface area contributed by atoms with Crippen molar-refractivity contribution in [2.24, 2.45) is 5.41 Å². The number of carboxylic acid groups (broad SMARTS) is 1. The van der Waals surface area contributed by atoms with E-state index in [0.717, 1.165) is 34.5 Å². The van der Waals surface area contributed by atoms with Crippen molar-refractivity contribution in [2.45, 2.75) is 65.6 Å². The molecule has 7 nitrogen and oxygen atoms in total. The topological polar surface area (TPSA) is 80.5 Å². The van der Waals surface area contributed by atoms with Crippen LogP contribution in [0.1, 0.15) is 38.1 Å². The second kappa shape index (κ2) is 8.20. The van der Waals surface area contributed by atoms with Gasteiger partial charge in [0.05, 0.1) is 10.9 Å². The smallest absolute Gasteiger partial charge is 0.407 e. The molecule has 1 aliphatic heterocycles. The molecule has 0 saturated carbocycles. The van der Waals surface area contributed by atoms with E-state index in [4.69, 9.17) is 9.84 Å².